The van der Waals surface area contributed by atoms with Crippen molar-refractivity contribution >= 4 is 23.9 Å². The second kappa shape index (κ2) is 11.0. The largest absolute Gasteiger partial charge is 0.478 e. The molecule has 8 heteroatoms. The van der Waals surface area contributed by atoms with Gasteiger partial charge in [-0.15, -0.1) is 13.2 Å². The van der Waals surface area contributed by atoms with E-state index in [0.717, 1.165) is 5.56 Å². The first-order chi connectivity index (χ1) is 14.1. The molecule has 8 nitrogen and oxygen atoms in total. The molecule has 156 valence electrons. The molecule has 0 aliphatic heterocycles. The van der Waals surface area contributed by atoms with Crippen LogP contribution in [0.5, 0.6) is 0 Å². The average Bonchev–Trinajstić information content (AvgIpc) is 2.69. The van der Waals surface area contributed by atoms with Crippen molar-refractivity contribution < 1.29 is 39.6 Å². The van der Waals surface area contributed by atoms with E-state index in [2.05, 4.69) is 13.2 Å². The number of hydrogen-bond acceptors (Lipinski definition) is 4. The van der Waals surface area contributed by atoms with Gasteiger partial charge < -0.3 is 20.4 Å². The minimum Gasteiger partial charge on any atom is -0.478 e. The van der Waals surface area contributed by atoms with Crippen LogP contribution in [-0.2, 0) is 12.8 Å². The summed E-state index contributed by atoms with van der Waals surface area (Å²) >= 11 is 0. The number of hydrogen-bond donors (Lipinski definition) is 4. The SMILES string of the molecule is C=CCc1ccc(C(=O)O)c(C(=O)O)c1CC=C.O=C(O)c1ccccc1C(=O)O. The molecule has 0 radical (unpaired) electrons. The van der Waals surface area contributed by atoms with Crippen molar-refractivity contribution in [2.45, 2.75) is 12.8 Å². The van der Waals surface area contributed by atoms with E-state index < -0.39 is 23.9 Å². The smallest absolute Gasteiger partial charge is 0.336 e. The molecule has 0 bridgehead atoms. The Bertz CT molecular complexity index is 971. The van der Waals surface area contributed by atoms with Crippen molar-refractivity contribution in [2.75, 3.05) is 0 Å². The molecule has 2 aromatic rings. The van der Waals surface area contributed by atoms with Gasteiger partial charge in [-0.2, -0.15) is 0 Å². The molecular weight excluding hydrogens is 392 g/mol. The van der Waals surface area contributed by atoms with Crippen LogP contribution in [0, 0.1) is 0 Å². The second-order valence-corrected chi connectivity index (χ2v) is 5.88. The molecule has 2 aromatic carbocycles. The van der Waals surface area contributed by atoms with Crippen LogP contribution in [0.4, 0.5) is 0 Å². The first kappa shape index (κ1) is 23.8. The zero-order valence-corrected chi connectivity index (χ0v) is 15.9. The molecule has 0 aliphatic rings. The van der Waals surface area contributed by atoms with Crippen LogP contribution < -0.4 is 0 Å². The van der Waals surface area contributed by atoms with Crippen molar-refractivity contribution in [3.63, 3.8) is 0 Å². The lowest BCUT2D eigenvalue weighted by Gasteiger charge is -2.12. The minimum absolute atomic E-state index is 0.165. The number of rotatable bonds is 8. The van der Waals surface area contributed by atoms with Crippen LogP contribution in [0.25, 0.3) is 0 Å². The van der Waals surface area contributed by atoms with Gasteiger partial charge in [-0.3, -0.25) is 0 Å². The van der Waals surface area contributed by atoms with Gasteiger partial charge in [-0.25, -0.2) is 19.2 Å². The average molecular weight is 412 g/mol. The van der Waals surface area contributed by atoms with Crippen molar-refractivity contribution in [1.29, 1.82) is 0 Å². The van der Waals surface area contributed by atoms with E-state index in [-0.39, 0.29) is 22.3 Å². The number of benzene rings is 2. The first-order valence-electron chi connectivity index (χ1n) is 8.54. The minimum atomic E-state index is -1.25. The molecule has 0 unspecified atom stereocenters. The third-order valence-electron chi connectivity index (χ3n) is 3.95. The highest BCUT2D eigenvalue weighted by atomic mass is 16.4. The quantitative estimate of drug-likeness (QED) is 0.480. The van der Waals surface area contributed by atoms with Crippen molar-refractivity contribution in [2.24, 2.45) is 0 Å². The molecule has 30 heavy (non-hydrogen) atoms. The standard InChI is InChI=1S/C14H14O4.C8H6O4/c1-3-5-9-7-8-11(13(15)16)12(14(17)18)10(9)6-4-2;9-7(10)5-3-1-2-4-6(5)8(11)12/h3-4,7-8H,1-2,5-6H2,(H,15,16)(H,17,18);1-4H,(H,9,10)(H,11,12). The van der Waals surface area contributed by atoms with E-state index in [1.165, 1.54) is 30.3 Å². The van der Waals surface area contributed by atoms with Crippen molar-refractivity contribution in [3.05, 3.63) is 95.1 Å². The van der Waals surface area contributed by atoms with E-state index in [1.54, 1.807) is 18.2 Å². The van der Waals surface area contributed by atoms with Gasteiger partial charge in [0.25, 0.3) is 0 Å². The van der Waals surface area contributed by atoms with Gasteiger partial charge in [0.2, 0.25) is 0 Å². The fourth-order valence-electron chi connectivity index (χ4n) is 2.69. The highest BCUT2D eigenvalue weighted by molar-refractivity contribution is 6.03. The van der Waals surface area contributed by atoms with Crippen LogP contribution in [-0.4, -0.2) is 44.3 Å². The second-order valence-electron chi connectivity index (χ2n) is 5.88. The molecule has 0 aliphatic carbocycles. The zero-order valence-electron chi connectivity index (χ0n) is 15.9. The van der Waals surface area contributed by atoms with Gasteiger partial charge in [0.15, 0.2) is 0 Å². The van der Waals surface area contributed by atoms with E-state index in [4.69, 9.17) is 15.3 Å². The highest BCUT2D eigenvalue weighted by Crippen LogP contribution is 2.22. The number of allylic oxidation sites excluding steroid dienone is 2. The summed E-state index contributed by atoms with van der Waals surface area (Å²) < 4.78 is 0. The summed E-state index contributed by atoms with van der Waals surface area (Å²) in [6.45, 7) is 7.17. The molecule has 0 spiro atoms. The molecule has 0 heterocycles. The summed E-state index contributed by atoms with van der Waals surface area (Å²) in [5, 5.41) is 35.3. The topological polar surface area (TPSA) is 149 Å². The lowest BCUT2D eigenvalue weighted by atomic mass is 9.92. The Balaban J connectivity index is 0.000000325. The summed E-state index contributed by atoms with van der Waals surface area (Å²) in [5.74, 6) is -4.95. The van der Waals surface area contributed by atoms with E-state index in [0.29, 0.717) is 18.4 Å². The Morgan fingerprint density at radius 3 is 1.50 bits per heavy atom. The third-order valence-corrected chi connectivity index (χ3v) is 3.95. The molecule has 4 N–H and O–H groups in total. The summed E-state index contributed by atoms with van der Waals surface area (Å²) in [6.07, 6.45) is 4.00. The first-order valence-corrected chi connectivity index (χ1v) is 8.54. The maximum Gasteiger partial charge on any atom is 0.336 e. The zero-order chi connectivity index (χ0) is 22.8. The Kier molecular flexibility index (Phi) is 8.71. The van der Waals surface area contributed by atoms with Crippen LogP contribution in [0.15, 0.2) is 61.7 Å². The molecule has 0 saturated heterocycles. The molecular formula is C22H20O8. The number of carboxylic acid groups (broad SMARTS) is 4. The fourth-order valence-corrected chi connectivity index (χ4v) is 2.69. The van der Waals surface area contributed by atoms with Crippen molar-refractivity contribution in [1.82, 2.24) is 0 Å². The Labute approximate surface area is 172 Å². The van der Waals surface area contributed by atoms with Gasteiger partial charge in [-0.05, 0) is 42.2 Å². The Morgan fingerprint density at radius 1 is 0.667 bits per heavy atom. The molecule has 0 fully saturated rings. The molecule has 0 amide bonds. The molecule has 0 saturated carbocycles. The Hall–Kier alpha value is -4.20. The monoisotopic (exact) mass is 412 g/mol. The number of aromatic carboxylic acids is 4. The van der Waals surface area contributed by atoms with Gasteiger partial charge in [-0.1, -0.05) is 30.4 Å². The third kappa shape index (κ3) is 5.90. The summed E-state index contributed by atoms with van der Waals surface area (Å²) in [5.41, 5.74) is 0.494. The summed E-state index contributed by atoms with van der Waals surface area (Å²) in [4.78, 5) is 43.2. The van der Waals surface area contributed by atoms with E-state index in [9.17, 15) is 24.3 Å². The van der Waals surface area contributed by atoms with E-state index in [1.807, 2.05) is 0 Å². The van der Waals surface area contributed by atoms with E-state index >= 15 is 0 Å². The van der Waals surface area contributed by atoms with Crippen LogP contribution >= 0.6 is 0 Å². The van der Waals surface area contributed by atoms with Crippen LogP contribution in [0.2, 0.25) is 0 Å². The van der Waals surface area contributed by atoms with Gasteiger partial charge in [0.05, 0.1) is 22.3 Å². The lowest BCUT2D eigenvalue weighted by Crippen LogP contribution is -2.13. The van der Waals surface area contributed by atoms with Crippen LogP contribution in [0.3, 0.4) is 0 Å². The maximum absolute atomic E-state index is 11.3. The van der Waals surface area contributed by atoms with Gasteiger partial charge in [0.1, 0.15) is 0 Å². The van der Waals surface area contributed by atoms with Crippen molar-refractivity contribution in [3.8, 4) is 0 Å². The Morgan fingerprint density at radius 2 is 1.13 bits per heavy atom. The molecule has 0 atom stereocenters. The van der Waals surface area contributed by atoms with Gasteiger partial charge in [0, 0.05) is 0 Å². The summed E-state index contributed by atoms with van der Waals surface area (Å²) in [7, 11) is 0. The fraction of sp³-hybridized carbons (Fsp3) is 0.0909. The number of carboxylic acids is 4. The predicted molar refractivity (Wildman–Crippen MR) is 109 cm³/mol. The number of carbonyl (C=O) groups is 4. The highest BCUT2D eigenvalue weighted by Gasteiger charge is 2.21. The van der Waals surface area contributed by atoms with Gasteiger partial charge >= 0.3 is 23.9 Å². The molecule has 0 aromatic heterocycles. The summed E-state index contributed by atoms with van der Waals surface area (Å²) in [6, 6.07) is 8.41. The lowest BCUT2D eigenvalue weighted by molar-refractivity contribution is 0.0650. The molecule has 2 rings (SSSR count). The van der Waals surface area contributed by atoms with Crippen LogP contribution in [0.1, 0.15) is 52.6 Å². The predicted octanol–water partition coefficient (Wildman–Crippen LogP) is 3.62. The normalized spacial score (nSPS) is 9.60. The maximum atomic E-state index is 11.3.